The Morgan fingerprint density at radius 2 is 2.15 bits per heavy atom. The number of carbonyl (C=O) groups excluding carboxylic acids is 2. The minimum Gasteiger partial charge on any atom is -0.467 e. The Labute approximate surface area is 133 Å². The molecule has 1 fully saturated rings. The fourth-order valence-corrected chi connectivity index (χ4v) is 4.46. The van der Waals surface area contributed by atoms with Crippen molar-refractivity contribution >= 4 is 43.6 Å². The number of hydrogen-bond acceptors (Lipinski definition) is 3. The van der Waals surface area contributed by atoms with Crippen molar-refractivity contribution in [1.82, 2.24) is 5.32 Å². The molecule has 1 N–H and O–H groups in total. The summed E-state index contributed by atoms with van der Waals surface area (Å²) < 4.78 is 7.67. The van der Waals surface area contributed by atoms with Crippen LogP contribution in [0.4, 0.5) is 0 Å². The number of piperidine rings is 1. The van der Waals surface area contributed by atoms with Crippen LogP contribution in [-0.2, 0) is 9.59 Å². The van der Waals surface area contributed by atoms with Crippen LogP contribution in [0.15, 0.2) is 21.1 Å². The molecule has 0 radical (unpaired) electrons. The van der Waals surface area contributed by atoms with Gasteiger partial charge in [-0.05, 0) is 41.9 Å². The Morgan fingerprint density at radius 3 is 2.80 bits per heavy atom. The Bertz CT molecular complexity index is 631. The third kappa shape index (κ3) is 2.09. The van der Waals surface area contributed by atoms with E-state index in [1.54, 1.807) is 0 Å². The quantitative estimate of drug-likeness (QED) is 0.734. The first-order chi connectivity index (χ1) is 9.31. The van der Waals surface area contributed by atoms with Gasteiger partial charge in [-0.25, -0.2) is 0 Å². The Kier molecular flexibility index (Phi) is 3.21. The van der Waals surface area contributed by atoms with Crippen LogP contribution >= 0.6 is 31.9 Å². The third-order valence-corrected chi connectivity index (χ3v) is 4.93. The predicted octanol–water partition coefficient (Wildman–Crippen LogP) is 3.13. The van der Waals surface area contributed by atoms with Gasteiger partial charge in [-0.3, -0.25) is 9.59 Å². The average molecular weight is 403 g/mol. The van der Waals surface area contributed by atoms with Gasteiger partial charge in [0.1, 0.15) is 17.5 Å². The van der Waals surface area contributed by atoms with Crippen LogP contribution in [0.5, 0.6) is 5.75 Å². The van der Waals surface area contributed by atoms with Gasteiger partial charge in [0, 0.05) is 22.4 Å². The highest BCUT2D eigenvalue weighted by Crippen LogP contribution is 2.50. The zero-order valence-electron chi connectivity index (χ0n) is 11.0. The van der Waals surface area contributed by atoms with Crippen LogP contribution in [0.3, 0.4) is 0 Å². The van der Waals surface area contributed by atoms with Gasteiger partial charge >= 0.3 is 0 Å². The van der Waals surface area contributed by atoms with E-state index in [9.17, 15) is 9.59 Å². The molecule has 2 aliphatic rings. The van der Waals surface area contributed by atoms with Gasteiger partial charge in [0.15, 0.2) is 5.72 Å². The number of amides is 1. The van der Waals surface area contributed by atoms with Gasteiger partial charge < -0.3 is 10.1 Å². The minimum atomic E-state index is -0.753. The van der Waals surface area contributed by atoms with Gasteiger partial charge in [0.05, 0.1) is 4.47 Å². The zero-order valence-corrected chi connectivity index (χ0v) is 14.2. The molecule has 2 heterocycles. The van der Waals surface area contributed by atoms with E-state index in [0.29, 0.717) is 12.2 Å². The van der Waals surface area contributed by atoms with E-state index >= 15 is 0 Å². The van der Waals surface area contributed by atoms with E-state index in [1.165, 1.54) is 6.92 Å². The fraction of sp³-hybridized carbons (Fsp3) is 0.429. The number of rotatable bonds is 1. The fourth-order valence-electron chi connectivity index (χ4n) is 3.12. The van der Waals surface area contributed by atoms with Crippen LogP contribution in [-0.4, -0.2) is 17.4 Å². The lowest BCUT2D eigenvalue weighted by atomic mass is 9.73. The maximum atomic E-state index is 12.2. The van der Waals surface area contributed by atoms with Crippen molar-refractivity contribution in [3.63, 3.8) is 0 Å². The molecule has 106 valence electrons. The smallest absolute Gasteiger partial charge is 0.234 e. The van der Waals surface area contributed by atoms with E-state index in [1.807, 2.05) is 19.1 Å². The molecule has 2 aliphatic heterocycles. The van der Waals surface area contributed by atoms with Crippen LogP contribution in [0.1, 0.15) is 31.7 Å². The standard InChI is InChI=1S/C14H13Br2NO3/c1-6(18)11-9-5-14(2,17-13(11)19)20-12-8(9)3-7(15)4-10(12)16/h3-4,9,11H,5H2,1-2H3,(H,17,19)/t9-,11?,14-/m0/s1. The molecule has 20 heavy (non-hydrogen) atoms. The highest BCUT2D eigenvalue weighted by molar-refractivity contribution is 9.11. The van der Waals surface area contributed by atoms with E-state index in [-0.39, 0.29) is 17.6 Å². The van der Waals surface area contributed by atoms with E-state index in [4.69, 9.17) is 4.74 Å². The Balaban J connectivity index is 2.20. The highest BCUT2D eigenvalue weighted by Gasteiger charge is 2.51. The summed E-state index contributed by atoms with van der Waals surface area (Å²) in [5.74, 6) is -0.453. The lowest BCUT2D eigenvalue weighted by Crippen LogP contribution is -2.61. The second kappa shape index (κ2) is 4.56. The first-order valence-corrected chi connectivity index (χ1v) is 7.90. The van der Waals surface area contributed by atoms with Crippen molar-refractivity contribution < 1.29 is 14.3 Å². The summed E-state index contributed by atoms with van der Waals surface area (Å²) in [4.78, 5) is 24.1. The summed E-state index contributed by atoms with van der Waals surface area (Å²) in [6.07, 6.45) is 0.596. The van der Waals surface area contributed by atoms with Crippen molar-refractivity contribution in [2.24, 2.45) is 5.92 Å². The first kappa shape index (κ1) is 14.1. The van der Waals surface area contributed by atoms with Crippen molar-refractivity contribution in [3.8, 4) is 5.75 Å². The van der Waals surface area contributed by atoms with Gasteiger partial charge in [0.2, 0.25) is 5.91 Å². The van der Waals surface area contributed by atoms with Crippen molar-refractivity contribution in [2.45, 2.75) is 31.9 Å². The van der Waals surface area contributed by atoms with Gasteiger partial charge in [0.25, 0.3) is 0 Å². The largest absolute Gasteiger partial charge is 0.467 e. The molecule has 0 spiro atoms. The summed E-state index contributed by atoms with van der Waals surface area (Å²) in [7, 11) is 0. The van der Waals surface area contributed by atoms with E-state index < -0.39 is 11.6 Å². The minimum absolute atomic E-state index is 0.113. The molecular formula is C14H13Br2NO3. The Hall–Kier alpha value is -0.880. The van der Waals surface area contributed by atoms with Gasteiger partial charge in [-0.1, -0.05) is 15.9 Å². The molecule has 1 aromatic carbocycles. The number of benzene rings is 1. The molecule has 4 nitrogen and oxygen atoms in total. The molecule has 0 aromatic heterocycles. The van der Waals surface area contributed by atoms with Crippen LogP contribution < -0.4 is 10.1 Å². The molecule has 1 unspecified atom stereocenters. The molecular weight excluding hydrogens is 390 g/mol. The topological polar surface area (TPSA) is 55.4 Å². The summed E-state index contributed by atoms with van der Waals surface area (Å²) in [6, 6.07) is 3.83. The summed E-state index contributed by atoms with van der Waals surface area (Å²) in [6.45, 7) is 3.31. The second-order valence-electron chi connectivity index (χ2n) is 5.53. The van der Waals surface area contributed by atoms with Gasteiger partial charge in [-0.15, -0.1) is 0 Å². The zero-order chi connectivity index (χ0) is 14.7. The maximum absolute atomic E-state index is 12.2. The number of carbonyl (C=O) groups is 2. The molecule has 0 saturated carbocycles. The summed E-state index contributed by atoms with van der Waals surface area (Å²) >= 11 is 6.93. The lowest BCUT2D eigenvalue weighted by molar-refractivity contribution is -0.145. The van der Waals surface area contributed by atoms with Gasteiger partial charge in [-0.2, -0.15) is 0 Å². The lowest BCUT2D eigenvalue weighted by Gasteiger charge is -2.47. The third-order valence-electron chi connectivity index (χ3n) is 3.88. The number of halogens is 2. The summed E-state index contributed by atoms with van der Waals surface area (Å²) in [5, 5.41) is 2.82. The molecule has 1 aromatic rings. The second-order valence-corrected chi connectivity index (χ2v) is 7.30. The molecule has 0 aliphatic carbocycles. The number of hydrogen-bond donors (Lipinski definition) is 1. The number of fused-ring (bicyclic) bond motifs is 4. The Morgan fingerprint density at radius 1 is 1.45 bits per heavy atom. The molecule has 1 saturated heterocycles. The monoisotopic (exact) mass is 401 g/mol. The van der Waals surface area contributed by atoms with Crippen molar-refractivity contribution in [1.29, 1.82) is 0 Å². The number of ketones is 1. The van der Waals surface area contributed by atoms with E-state index in [2.05, 4.69) is 37.2 Å². The van der Waals surface area contributed by atoms with Crippen LogP contribution in [0, 0.1) is 5.92 Å². The number of nitrogens with one attached hydrogen (secondary N) is 1. The maximum Gasteiger partial charge on any atom is 0.234 e. The predicted molar refractivity (Wildman–Crippen MR) is 80.5 cm³/mol. The molecule has 3 rings (SSSR count). The van der Waals surface area contributed by atoms with Crippen LogP contribution in [0.25, 0.3) is 0 Å². The van der Waals surface area contributed by atoms with Crippen molar-refractivity contribution in [3.05, 3.63) is 26.6 Å². The SMILES string of the molecule is CC(=O)C1C(=O)N[C@]2(C)C[C@H]1c1cc(Br)cc(Br)c1O2. The average Bonchev–Trinajstić information content (AvgIpc) is 2.29. The first-order valence-electron chi connectivity index (χ1n) is 6.31. The number of ether oxygens (including phenoxy) is 1. The normalized spacial score (nSPS) is 31.1. The molecule has 3 atom stereocenters. The summed E-state index contributed by atoms with van der Waals surface area (Å²) in [5.41, 5.74) is 0.149. The highest BCUT2D eigenvalue weighted by atomic mass is 79.9. The molecule has 1 amide bonds. The molecule has 2 bridgehead atoms. The number of Topliss-reactive ketones (excluding diaryl/α,β-unsaturated/α-hetero) is 1. The molecule has 6 heteroatoms. The van der Waals surface area contributed by atoms with E-state index in [0.717, 1.165) is 14.5 Å². The van der Waals surface area contributed by atoms with Crippen LogP contribution in [0.2, 0.25) is 0 Å². The van der Waals surface area contributed by atoms with Crippen molar-refractivity contribution in [2.75, 3.05) is 0 Å².